The van der Waals surface area contributed by atoms with Crippen molar-refractivity contribution >= 4 is 27.5 Å². The van der Waals surface area contributed by atoms with E-state index in [1.165, 1.54) is 25.7 Å². The van der Waals surface area contributed by atoms with Crippen molar-refractivity contribution in [2.45, 2.75) is 45.1 Å². The van der Waals surface area contributed by atoms with Gasteiger partial charge >= 0.3 is 6.01 Å². The number of likely N-dealkylation sites (tertiary alicyclic amines) is 1. The van der Waals surface area contributed by atoms with Gasteiger partial charge < -0.3 is 19.6 Å². The summed E-state index contributed by atoms with van der Waals surface area (Å²) >= 11 is 0. The van der Waals surface area contributed by atoms with Crippen LogP contribution in [0.4, 0.5) is 5.82 Å². The van der Waals surface area contributed by atoms with Crippen molar-refractivity contribution < 1.29 is 9.84 Å². The summed E-state index contributed by atoms with van der Waals surface area (Å²) in [6, 6.07) is 12.6. The average Bonchev–Trinajstić information content (AvgIpc) is 3.50. The Kier molecular flexibility index (Phi) is 5.84. The number of hydrogen-bond donors (Lipinski definition) is 1. The zero-order chi connectivity index (χ0) is 25.8. The van der Waals surface area contributed by atoms with Crippen LogP contribution in [-0.4, -0.2) is 64.3 Å². The third-order valence-electron chi connectivity index (χ3n) is 9.02. The first-order valence-corrected chi connectivity index (χ1v) is 14.0. The number of phenolic OH excluding ortho intramolecular Hbond substituents is 1. The number of phenols is 1. The van der Waals surface area contributed by atoms with E-state index in [0.29, 0.717) is 18.7 Å². The molecule has 4 aromatic rings. The second-order valence-electron chi connectivity index (χ2n) is 11.6. The van der Waals surface area contributed by atoms with Gasteiger partial charge in [0.1, 0.15) is 18.2 Å². The Balaban J connectivity index is 1.36. The molecule has 2 aromatic carbocycles. The summed E-state index contributed by atoms with van der Waals surface area (Å²) in [6.07, 6.45) is 8.24. The molecule has 7 nitrogen and oxygen atoms in total. The van der Waals surface area contributed by atoms with Crippen molar-refractivity contribution in [2.75, 3.05) is 38.2 Å². The predicted molar refractivity (Wildman–Crippen MR) is 151 cm³/mol. The van der Waals surface area contributed by atoms with Crippen LogP contribution < -0.4 is 9.64 Å². The Labute approximate surface area is 223 Å². The SMILES string of the molecule is Cc1c(-c2cc(O)cc3ccccc23)ncc2c(N3CC4CCC(C4)C3)nc(OC[C@@H]3CCCN3C)nc12. The standard InChI is InChI=1S/C31H35N5O2/c1-19-28(26-14-24(37)13-22-6-3-4-8-25(22)26)32-15-27-29(19)33-31(38-18-23-7-5-11-35(23)2)34-30(27)36-16-20-9-10-21(12-20)17-36/h3-4,6,8,13-15,20-21,23,37H,5,7,9-12,16-18H2,1-2H3/t20?,21?,23-/m0/s1. The summed E-state index contributed by atoms with van der Waals surface area (Å²) < 4.78 is 6.31. The number of piperidine rings is 1. The van der Waals surface area contributed by atoms with Crippen molar-refractivity contribution in [1.82, 2.24) is 19.9 Å². The first kappa shape index (κ1) is 23.7. The van der Waals surface area contributed by atoms with E-state index < -0.39 is 0 Å². The number of hydrogen-bond acceptors (Lipinski definition) is 7. The highest BCUT2D eigenvalue weighted by molar-refractivity contribution is 6.01. The summed E-state index contributed by atoms with van der Waals surface area (Å²) in [5.74, 6) is 2.66. The van der Waals surface area contributed by atoms with E-state index in [9.17, 15) is 5.11 Å². The fourth-order valence-electron chi connectivity index (χ4n) is 6.99. The molecule has 3 fully saturated rings. The molecular weight excluding hydrogens is 474 g/mol. The van der Waals surface area contributed by atoms with Crippen molar-refractivity contribution in [1.29, 1.82) is 0 Å². The maximum absolute atomic E-state index is 10.5. The van der Waals surface area contributed by atoms with E-state index in [0.717, 1.165) is 82.2 Å². The zero-order valence-electron chi connectivity index (χ0n) is 22.2. The Morgan fingerprint density at radius 2 is 1.84 bits per heavy atom. The molecule has 0 spiro atoms. The van der Waals surface area contributed by atoms with Crippen LogP contribution >= 0.6 is 0 Å². The number of rotatable bonds is 5. The summed E-state index contributed by atoms with van der Waals surface area (Å²) in [6.45, 7) is 5.85. The lowest BCUT2D eigenvalue weighted by molar-refractivity contribution is 0.188. The minimum Gasteiger partial charge on any atom is -0.508 e. The van der Waals surface area contributed by atoms with Gasteiger partial charge in [-0.15, -0.1) is 0 Å². The molecular formula is C31H35N5O2. The molecule has 4 heterocycles. The Hall–Kier alpha value is -3.45. The highest BCUT2D eigenvalue weighted by Gasteiger charge is 2.34. The topological polar surface area (TPSA) is 74.6 Å². The van der Waals surface area contributed by atoms with Gasteiger partial charge in [0.2, 0.25) is 0 Å². The molecule has 2 aliphatic heterocycles. The second-order valence-corrected chi connectivity index (χ2v) is 11.6. The van der Waals surface area contributed by atoms with E-state index in [1.807, 2.05) is 24.4 Å². The lowest BCUT2D eigenvalue weighted by Crippen LogP contribution is -2.37. The number of fused-ring (bicyclic) bond motifs is 4. The average molecular weight is 510 g/mol. The smallest absolute Gasteiger partial charge is 0.319 e. The zero-order valence-corrected chi connectivity index (χ0v) is 22.2. The molecule has 1 saturated carbocycles. The number of aryl methyl sites for hydroxylation is 1. The van der Waals surface area contributed by atoms with E-state index in [-0.39, 0.29) is 5.75 Å². The van der Waals surface area contributed by atoms with Crippen LogP contribution in [0.1, 0.15) is 37.7 Å². The van der Waals surface area contributed by atoms with Crippen LogP contribution in [0.2, 0.25) is 0 Å². The molecule has 7 rings (SSSR count). The van der Waals surface area contributed by atoms with Crippen molar-refractivity contribution in [3.63, 3.8) is 0 Å². The molecule has 0 amide bonds. The monoisotopic (exact) mass is 509 g/mol. The van der Waals surface area contributed by atoms with E-state index in [1.54, 1.807) is 12.1 Å². The van der Waals surface area contributed by atoms with Gasteiger partial charge in [-0.3, -0.25) is 4.98 Å². The van der Waals surface area contributed by atoms with Gasteiger partial charge in [0.15, 0.2) is 0 Å². The largest absolute Gasteiger partial charge is 0.508 e. The third kappa shape index (κ3) is 4.13. The molecule has 1 aliphatic carbocycles. The lowest BCUT2D eigenvalue weighted by Gasteiger charge is -2.33. The summed E-state index contributed by atoms with van der Waals surface area (Å²) in [5.41, 5.74) is 3.59. The molecule has 196 valence electrons. The van der Waals surface area contributed by atoms with E-state index >= 15 is 0 Å². The van der Waals surface area contributed by atoms with Gasteiger partial charge in [0.25, 0.3) is 0 Å². The molecule has 2 bridgehead atoms. The van der Waals surface area contributed by atoms with Gasteiger partial charge in [0, 0.05) is 36.5 Å². The normalized spacial score (nSPS) is 23.5. The Morgan fingerprint density at radius 1 is 1.03 bits per heavy atom. The Morgan fingerprint density at radius 3 is 2.63 bits per heavy atom. The highest BCUT2D eigenvalue weighted by atomic mass is 16.5. The summed E-state index contributed by atoms with van der Waals surface area (Å²) in [4.78, 5) is 19.8. The predicted octanol–water partition coefficient (Wildman–Crippen LogP) is 5.57. The number of pyridine rings is 1. The summed E-state index contributed by atoms with van der Waals surface area (Å²) in [7, 11) is 2.17. The Bertz CT molecular complexity index is 1510. The first-order chi connectivity index (χ1) is 18.5. The third-order valence-corrected chi connectivity index (χ3v) is 9.02. The molecule has 2 unspecified atom stereocenters. The van der Waals surface area contributed by atoms with Crippen LogP contribution in [0.15, 0.2) is 42.6 Å². The number of anilines is 1. The minimum absolute atomic E-state index is 0.233. The fraction of sp³-hybridized carbons (Fsp3) is 0.452. The van der Waals surface area contributed by atoms with E-state index in [4.69, 9.17) is 19.7 Å². The quantitative estimate of drug-likeness (QED) is 0.377. The molecule has 2 aromatic heterocycles. The maximum atomic E-state index is 10.5. The number of ether oxygens (including phenoxy) is 1. The molecule has 3 aliphatic rings. The van der Waals surface area contributed by atoms with Gasteiger partial charge in [-0.1, -0.05) is 24.3 Å². The molecule has 1 N–H and O–H groups in total. The lowest BCUT2D eigenvalue weighted by atomic mass is 9.97. The first-order valence-electron chi connectivity index (χ1n) is 14.0. The molecule has 7 heteroatoms. The van der Waals surface area contributed by atoms with Gasteiger partial charge in [-0.25, -0.2) is 0 Å². The van der Waals surface area contributed by atoms with Crippen LogP contribution in [0.25, 0.3) is 32.9 Å². The number of nitrogens with zero attached hydrogens (tertiary/aromatic N) is 5. The molecule has 3 atom stereocenters. The minimum atomic E-state index is 0.233. The van der Waals surface area contributed by atoms with Gasteiger partial charge in [-0.05, 0) is 87.4 Å². The van der Waals surface area contributed by atoms with E-state index in [2.05, 4.69) is 29.8 Å². The molecule has 2 saturated heterocycles. The number of likely N-dealkylation sites (N-methyl/N-ethyl adjacent to an activating group) is 1. The molecule has 38 heavy (non-hydrogen) atoms. The van der Waals surface area contributed by atoms with Crippen LogP contribution in [0.3, 0.4) is 0 Å². The second kappa shape index (κ2) is 9.38. The van der Waals surface area contributed by atoms with Gasteiger partial charge in [-0.2, -0.15) is 9.97 Å². The van der Waals surface area contributed by atoms with Crippen molar-refractivity contribution in [3.05, 3.63) is 48.2 Å². The van der Waals surface area contributed by atoms with Gasteiger partial charge in [0.05, 0.1) is 16.6 Å². The van der Waals surface area contributed by atoms with Crippen LogP contribution in [0.5, 0.6) is 11.8 Å². The van der Waals surface area contributed by atoms with Crippen molar-refractivity contribution in [2.24, 2.45) is 11.8 Å². The number of aromatic hydroxyl groups is 1. The fourth-order valence-corrected chi connectivity index (χ4v) is 6.99. The number of aromatic nitrogens is 3. The molecule has 0 radical (unpaired) electrons. The van der Waals surface area contributed by atoms with Crippen LogP contribution in [0, 0.1) is 18.8 Å². The number of benzene rings is 2. The van der Waals surface area contributed by atoms with Crippen LogP contribution in [-0.2, 0) is 0 Å². The summed E-state index contributed by atoms with van der Waals surface area (Å²) in [5, 5.41) is 13.5. The maximum Gasteiger partial charge on any atom is 0.319 e. The highest BCUT2D eigenvalue weighted by Crippen LogP contribution is 2.41. The van der Waals surface area contributed by atoms with Crippen molar-refractivity contribution in [3.8, 4) is 23.0 Å².